The van der Waals surface area contributed by atoms with Crippen molar-refractivity contribution in [2.75, 3.05) is 6.54 Å². The number of H-pyrrole nitrogens is 1. The van der Waals surface area contributed by atoms with Crippen LogP contribution in [0.4, 0.5) is 0 Å². The first-order valence-electron chi connectivity index (χ1n) is 12.6. The third-order valence-corrected chi connectivity index (χ3v) is 6.99. The van der Waals surface area contributed by atoms with Gasteiger partial charge in [-0.25, -0.2) is 0 Å². The van der Waals surface area contributed by atoms with Crippen LogP contribution >= 0.6 is 11.6 Å². The molecule has 38 heavy (non-hydrogen) atoms. The average Bonchev–Trinajstić information content (AvgIpc) is 2.88. The van der Waals surface area contributed by atoms with Crippen molar-refractivity contribution in [3.05, 3.63) is 110 Å². The lowest BCUT2D eigenvalue weighted by molar-refractivity contribution is -0.120. The van der Waals surface area contributed by atoms with Gasteiger partial charge in [0.15, 0.2) is 0 Å². The lowest BCUT2D eigenvalue weighted by Gasteiger charge is -2.19. The Morgan fingerprint density at radius 2 is 1.82 bits per heavy atom. The Labute approximate surface area is 226 Å². The van der Waals surface area contributed by atoms with E-state index in [1.54, 1.807) is 12.1 Å². The molecule has 8 heteroatoms. The van der Waals surface area contributed by atoms with Crippen molar-refractivity contribution in [2.45, 2.75) is 45.4 Å². The zero-order valence-corrected chi connectivity index (χ0v) is 22.2. The van der Waals surface area contributed by atoms with E-state index in [-0.39, 0.29) is 29.7 Å². The largest absolute Gasteiger partial charge is 0.506 e. The molecule has 0 radical (unpaired) electrons. The van der Waals surface area contributed by atoms with E-state index in [2.05, 4.69) is 15.6 Å². The van der Waals surface area contributed by atoms with E-state index in [9.17, 15) is 19.8 Å². The quantitative estimate of drug-likeness (QED) is 0.208. The summed E-state index contributed by atoms with van der Waals surface area (Å²) in [6.07, 6.45) is 0.154. The second kappa shape index (κ2) is 12.3. The highest BCUT2D eigenvalue weighted by Crippen LogP contribution is 2.28. The van der Waals surface area contributed by atoms with Gasteiger partial charge in [-0.05, 0) is 66.3 Å². The third kappa shape index (κ3) is 6.81. The number of amides is 1. The minimum atomic E-state index is -0.830. The summed E-state index contributed by atoms with van der Waals surface area (Å²) in [7, 11) is 0. The van der Waals surface area contributed by atoms with Gasteiger partial charge in [-0.3, -0.25) is 9.59 Å². The molecule has 198 valence electrons. The Morgan fingerprint density at radius 3 is 2.61 bits per heavy atom. The minimum Gasteiger partial charge on any atom is -0.506 e. The number of aromatic amines is 1. The summed E-state index contributed by atoms with van der Waals surface area (Å²) in [5, 5.41) is 28.4. The average molecular weight is 534 g/mol. The Kier molecular flexibility index (Phi) is 8.84. The predicted molar refractivity (Wildman–Crippen MR) is 151 cm³/mol. The number of carbonyl (C=O) groups is 1. The molecule has 0 saturated heterocycles. The van der Waals surface area contributed by atoms with Crippen LogP contribution in [-0.4, -0.2) is 33.7 Å². The van der Waals surface area contributed by atoms with Crippen LogP contribution in [0.3, 0.4) is 0 Å². The van der Waals surface area contributed by atoms with Gasteiger partial charge < -0.3 is 25.8 Å². The van der Waals surface area contributed by atoms with Crippen LogP contribution in [0.25, 0.3) is 10.9 Å². The fourth-order valence-electron chi connectivity index (χ4n) is 4.59. The van der Waals surface area contributed by atoms with Crippen molar-refractivity contribution in [3.63, 3.8) is 0 Å². The first-order chi connectivity index (χ1) is 18.2. The van der Waals surface area contributed by atoms with Gasteiger partial charge in [0.2, 0.25) is 11.5 Å². The Bertz CT molecular complexity index is 1480. The number of phenolic OH excluding ortho intramolecular Hbond substituents is 1. The van der Waals surface area contributed by atoms with Crippen molar-refractivity contribution < 1.29 is 15.0 Å². The molecule has 0 unspecified atom stereocenters. The summed E-state index contributed by atoms with van der Waals surface area (Å²) in [6, 6.07) is 19.8. The molecule has 1 aromatic heterocycles. The van der Waals surface area contributed by atoms with Crippen LogP contribution < -0.4 is 16.2 Å². The van der Waals surface area contributed by atoms with Crippen LogP contribution in [0.2, 0.25) is 5.02 Å². The number of benzene rings is 3. The second-order valence-corrected chi connectivity index (χ2v) is 10.0. The topological polar surface area (TPSA) is 114 Å². The van der Waals surface area contributed by atoms with E-state index in [0.29, 0.717) is 41.0 Å². The third-order valence-electron chi connectivity index (χ3n) is 6.64. The molecular formula is C30H32ClN3O4. The summed E-state index contributed by atoms with van der Waals surface area (Å²) < 4.78 is 0. The normalized spacial score (nSPS) is 12.8. The highest BCUT2D eigenvalue weighted by atomic mass is 35.5. The molecule has 4 aromatic rings. The molecule has 0 aliphatic carbocycles. The van der Waals surface area contributed by atoms with Gasteiger partial charge in [0.1, 0.15) is 5.75 Å². The summed E-state index contributed by atoms with van der Waals surface area (Å²) in [6.45, 7) is 4.69. The number of fused-ring (bicyclic) bond motifs is 1. The maximum atomic E-state index is 12.6. The molecule has 5 N–H and O–H groups in total. The number of phenols is 1. The van der Waals surface area contributed by atoms with Gasteiger partial charge in [-0.15, -0.1) is 0 Å². The number of hydrogen-bond acceptors (Lipinski definition) is 5. The summed E-state index contributed by atoms with van der Waals surface area (Å²) >= 11 is 6.26. The number of aromatic nitrogens is 1. The summed E-state index contributed by atoms with van der Waals surface area (Å²) in [5.41, 5.74) is 4.58. The second-order valence-electron chi connectivity index (χ2n) is 9.62. The number of rotatable bonds is 10. The first kappa shape index (κ1) is 27.4. The van der Waals surface area contributed by atoms with Gasteiger partial charge in [0.25, 0.3) is 0 Å². The maximum absolute atomic E-state index is 12.6. The van der Waals surface area contributed by atoms with Crippen LogP contribution in [-0.2, 0) is 24.2 Å². The van der Waals surface area contributed by atoms with E-state index in [1.807, 2.05) is 56.3 Å². The molecule has 4 rings (SSSR count). The van der Waals surface area contributed by atoms with Crippen LogP contribution in [0.1, 0.15) is 40.8 Å². The summed E-state index contributed by atoms with van der Waals surface area (Å²) in [4.78, 5) is 26.8. The monoisotopic (exact) mass is 533 g/mol. The standard InChI is InChI=1S/C30H32ClN3O4/c1-18-5-3-8-25(31)24(18)16-33-29(38)15-21-7-4-6-20(14-21)13-19(2)32-17-27(36)22-9-11-26(35)30-23(22)10-12-28(37)34-30/h3-12,14,19,27,32,35-36H,13,15-17H2,1-2H3,(H,33,38)(H,34,37)/t19-,27+/m1/s1. The van der Waals surface area contributed by atoms with E-state index < -0.39 is 6.10 Å². The number of aliphatic hydroxyl groups excluding tert-OH is 1. The number of carbonyl (C=O) groups excluding carboxylic acids is 1. The van der Waals surface area contributed by atoms with Gasteiger partial charge in [0.05, 0.1) is 18.0 Å². The fraction of sp³-hybridized carbons (Fsp3) is 0.267. The van der Waals surface area contributed by atoms with Gasteiger partial charge in [-0.2, -0.15) is 0 Å². The lowest BCUT2D eigenvalue weighted by Crippen LogP contribution is -2.32. The van der Waals surface area contributed by atoms with Crippen molar-refractivity contribution in [1.29, 1.82) is 0 Å². The Balaban J connectivity index is 1.31. The SMILES string of the molecule is Cc1cccc(Cl)c1CNC(=O)Cc1cccc(C[C@@H](C)NC[C@H](O)c2ccc(O)c3[nH]c(=O)ccc23)c1. The smallest absolute Gasteiger partial charge is 0.248 e. The Hall–Kier alpha value is -3.65. The molecule has 1 heterocycles. The van der Waals surface area contributed by atoms with E-state index in [0.717, 1.165) is 22.3 Å². The van der Waals surface area contributed by atoms with Gasteiger partial charge >= 0.3 is 0 Å². The molecule has 3 aromatic carbocycles. The fourth-order valence-corrected chi connectivity index (χ4v) is 4.88. The molecule has 0 saturated carbocycles. The van der Waals surface area contributed by atoms with E-state index >= 15 is 0 Å². The number of halogens is 1. The van der Waals surface area contributed by atoms with Gasteiger partial charge in [-0.1, -0.05) is 54.1 Å². The predicted octanol–water partition coefficient (Wildman–Crippen LogP) is 4.31. The number of aryl methyl sites for hydroxylation is 1. The molecule has 7 nitrogen and oxygen atoms in total. The zero-order valence-electron chi connectivity index (χ0n) is 21.4. The lowest BCUT2D eigenvalue weighted by atomic mass is 10.0. The molecule has 0 spiro atoms. The number of nitrogens with one attached hydrogen (secondary N) is 3. The Morgan fingerprint density at radius 1 is 1.05 bits per heavy atom. The number of pyridine rings is 1. The maximum Gasteiger partial charge on any atom is 0.248 e. The van der Waals surface area contributed by atoms with Crippen molar-refractivity contribution in [3.8, 4) is 5.75 Å². The molecule has 0 aliphatic rings. The van der Waals surface area contributed by atoms with Crippen LogP contribution in [0.5, 0.6) is 5.75 Å². The zero-order chi connectivity index (χ0) is 27.2. The molecule has 1 amide bonds. The number of hydrogen-bond donors (Lipinski definition) is 5. The molecule has 0 bridgehead atoms. The van der Waals surface area contributed by atoms with Gasteiger partial charge in [0, 0.05) is 35.6 Å². The highest BCUT2D eigenvalue weighted by Gasteiger charge is 2.15. The van der Waals surface area contributed by atoms with Crippen molar-refractivity contribution >= 4 is 28.4 Å². The van der Waals surface area contributed by atoms with Crippen molar-refractivity contribution in [1.82, 2.24) is 15.6 Å². The highest BCUT2D eigenvalue weighted by molar-refractivity contribution is 6.31. The van der Waals surface area contributed by atoms with E-state index in [4.69, 9.17) is 11.6 Å². The molecular weight excluding hydrogens is 502 g/mol. The van der Waals surface area contributed by atoms with Crippen molar-refractivity contribution in [2.24, 2.45) is 0 Å². The summed E-state index contributed by atoms with van der Waals surface area (Å²) in [5.74, 6) is -0.110. The number of aliphatic hydroxyl groups is 1. The minimum absolute atomic E-state index is 0.0393. The van der Waals surface area contributed by atoms with Crippen LogP contribution in [0.15, 0.2) is 71.5 Å². The van der Waals surface area contributed by atoms with Crippen LogP contribution in [0, 0.1) is 6.92 Å². The number of aromatic hydroxyl groups is 1. The molecule has 2 atom stereocenters. The van der Waals surface area contributed by atoms with E-state index in [1.165, 1.54) is 12.1 Å². The molecule has 0 aliphatic heterocycles. The first-order valence-corrected chi connectivity index (χ1v) is 12.9. The molecule has 0 fully saturated rings.